The Labute approximate surface area is 117 Å². The van der Waals surface area contributed by atoms with Gasteiger partial charge in [0.05, 0.1) is 6.04 Å². The largest absolute Gasteiger partial charge is 0.363 e. The van der Waals surface area contributed by atoms with E-state index < -0.39 is 0 Å². The minimum absolute atomic E-state index is 0.0351. The molecule has 0 saturated heterocycles. The van der Waals surface area contributed by atoms with Crippen LogP contribution in [0.4, 0.5) is 11.8 Å². The van der Waals surface area contributed by atoms with Crippen molar-refractivity contribution in [2.45, 2.75) is 19.9 Å². The summed E-state index contributed by atoms with van der Waals surface area (Å²) in [5, 5.41) is 4.04. The van der Waals surface area contributed by atoms with Gasteiger partial charge in [-0.25, -0.2) is 10.8 Å². The number of hydrogen-bond donors (Lipinski definition) is 3. The van der Waals surface area contributed by atoms with Crippen LogP contribution in [-0.2, 0) is 0 Å². The molecule has 0 radical (unpaired) electrons. The number of aromatic nitrogens is 2. The van der Waals surface area contributed by atoms with Gasteiger partial charge in [-0.1, -0.05) is 29.8 Å². The third-order valence-electron chi connectivity index (χ3n) is 2.83. The smallest absolute Gasteiger partial charge is 0.239 e. The van der Waals surface area contributed by atoms with E-state index in [1.165, 1.54) is 0 Å². The first-order chi connectivity index (χ1) is 9.11. The molecular formula is C13H16ClN5. The molecule has 0 aliphatic rings. The van der Waals surface area contributed by atoms with E-state index in [1.807, 2.05) is 38.1 Å². The van der Waals surface area contributed by atoms with Gasteiger partial charge in [0.1, 0.15) is 5.82 Å². The summed E-state index contributed by atoms with van der Waals surface area (Å²) in [5.41, 5.74) is 4.39. The van der Waals surface area contributed by atoms with Crippen LogP contribution in [0.2, 0.25) is 5.02 Å². The number of aryl methyl sites for hydroxylation is 1. The Morgan fingerprint density at radius 3 is 2.74 bits per heavy atom. The van der Waals surface area contributed by atoms with Crippen molar-refractivity contribution in [1.82, 2.24) is 9.97 Å². The molecule has 1 unspecified atom stereocenters. The lowest BCUT2D eigenvalue weighted by atomic mass is 10.1. The highest BCUT2D eigenvalue weighted by Gasteiger charge is 2.11. The second-order valence-electron chi connectivity index (χ2n) is 4.26. The number of benzene rings is 1. The van der Waals surface area contributed by atoms with Crippen LogP contribution in [0.25, 0.3) is 0 Å². The van der Waals surface area contributed by atoms with Crippen molar-refractivity contribution in [2.75, 3.05) is 10.7 Å². The van der Waals surface area contributed by atoms with Crippen LogP contribution in [0.3, 0.4) is 0 Å². The topological polar surface area (TPSA) is 75.9 Å². The molecule has 1 aromatic heterocycles. The number of hydrogen-bond acceptors (Lipinski definition) is 5. The first-order valence-electron chi connectivity index (χ1n) is 5.93. The molecule has 2 rings (SSSR count). The molecule has 100 valence electrons. The molecule has 1 heterocycles. The molecule has 6 heteroatoms. The molecule has 4 N–H and O–H groups in total. The molecule has 0 fully saturated rings. The summed E-state index contributed by atoms with van der Waals surface area (Å²) in [7, 11) is 0. The minimum atomic E-state index is 0.0351. The molecule has 5 nitrogen and oxygen atoms in total. The Bertz CT molecular complexity index is 573. The van der Waals surface area contributed by atoms with Gasteiger partial charge in [-0.05, 0) is 25.5 Å². The van der Waals surface area contributed by atoms with E-state index in [9.17, 15) is 0 Å². The van der Waals surface area contributed by atoms with Crippen LogP contribution >= 0.6 is 11.6 Å². The molecule has 0 bridgehead atoms. The molecular weight excluding hydrogens is 262 g/mol. The number of nitrogens with zero attached hydrogens (tertiary/aromatic N) is 2. The lowest BCUT2D eigenvalue weighted by Crippen LogP contribution is -2.14. The molecule has 0 amide bonds. The number of nitrogens with two attached hydrogens (primary N) is 1. The summed E-state index contributed by atoms with van der Waals surface area (Å²) in [6.07, 6.45) is 1.71. The summed E-state index contributed by atoms with van der Waals surface area (Å²) in [5.74, 6) is 6.42. The third-order valence-corrected chi connectivity index (χ3v) is 3.17. The van der Waals surface area contributed by atoms with Gasteiger partial charge in [0.2, 0.25) is 5.95 Å². The van der Waals surface area contributed by atoms with Gasteiger partial charge < -0.3 is 5.32 Å². The van der Waals surface area contributed by atoms with Crippen molar-refractivity contribution in [2.24, 2.45) is 5.84 Å². The minimum Gasteiger partial charge on any atom is -0.363 e. The monoisotopic (exact) mass is 277 g/mol. The van der Waals surface area contributed by atoms with Crippen molar-refractivity contribution in [3.05, 3.63) is 46.6 Å². The van der Waals surface area contributed by atoms with Gasteiger partial charge in [0.15, 0.2) is 0 Å². The van der Waals surface area contributed by atoms with Crippen LogP contribution in [0.5, 0.6) is 0 Å². The Kier molecular flexibility index (Phi) is 4.19. The van der Waals surface area contributed by atoms with Gasteiger partial charge in [0.25, 0.3) is 0 Å². The second kappa shape index (κ2) is 5.86. The molecule has 2 aromatic rings. The van der Waals surface area contributed by atoms with E-state index in [-0.39, 0.29) is 6.04 Å². The predicted octanol–water partition coefficient (Wildman–Crippen LogP) is 2.90. The fourth-order valence-corrected chi connectivity index (χ4v) is 2.07. The lowest BCUT2D eigenvalue weighted by molar-refractivity contribution is 0.868. The van der Waals surface area contributed by atoms with Gasteiger partial charge in [-0.2, -0.15) is 4.98 Å². The SMILES string of the molecule is Cc1cnc(NN)nc1NC(C)c1ccccc1Cl. The van der Waals surface area contributed by atoms with Gasteiger partial charge in [-0.15, -0.1) is 0 Å². The molecule has 1 aromatic carbocycles. The Morgan fingerprint density at radius 1 is 1.32 bits per heavy atom. The molecule has 1 atom stereocenters. The van der Waals surface area contributed by atoms with Gasteiger partial charge in [-0.3, -0.25) is 5.43 Å². The predicted molar refractivity (Wildman–Crippen MR) is 78.1 cm³/mol. The van der Waals surface area contributed by atoms with E-state index in [1.54, 1.807) is 6.20 Å². The zero-order valence-electron chi connectivity index (χ0n) is 10.8. The lowest BCUT2D eigenvalue weighted by Gasteiger charge is -2.17. The number of hydrazine groups is 1. The fourth-order valence-electron chi connectivity index (χ4n) is 1.77. The number of anilines is 2. The average molecular weight is 278 g/mol. The van der Waals surface area contributed by atoms with Crippen LogP contribution in [-0.4, -0.2) is 9.97 Å². The summed E-state index contributed by atoms with van der Waals surface area (Å²) >= 11 is 6.18. The van der Waals surface area contributed by atoms with Crippen LogP contribution in [0.15, 0.2) is 30.5 Å². The zero-order valence-corrected chi connectivity index (χ0v) is 11.6. The molecule has 0 saturated carbocycles. The molecule has 0 aliphatic carbocycles. The number of nitrogens with one attached hydrogen (secondary N) is 2. The van der Waals surface area contributed by atoms with Crippen molar-refractivity contribution < 1.29 is 0 Å². The highest BCUT2D eigenvalue weighted by atomic mass is 35.5. The quantitative estimate of drug-likeness (QED) is 0.592. The Morgan fingerprint density at radius 2 is 2.05 bits per heavy atom. The van der Waals surface area contributed by atoms with E-state index >= 15 is 0 Å². The van der Waals surface area contributed by atoms with Crippen LogP contribution in [0.1, 0.15) is 24.1 Å². The van der Waals surface area contributed by atoms with Crippen molar-refractivity contribution in [3.63, 3.8) is 0 Å². The Hall–Kier alpha value is -1.85. The van der Waals surface area contributed by atoms with Crippen LogP contribution < -0.4 is 16.6 Å². The second-order valence-corrected chi connectivity index (χ2v) is 4.66. The third kappa shape index (κ3) is 3.13. The fraction of sp³-hybridized carbons (Fsp3) is 0.231. The first-order valence-corrected chi connectivity index (χ1v) is 6.31. The van der Waals surface area contributed by atoms with E-state index in [2.05, 4.69) is 20.7 Å². The molecule has 0 spiro atoms. The number of rotatable bonds is 4. The summed E-state index contributed by atoms with van der Waals surface area (Å²) < 4.78 is 0. The van der Waals surface area contributed by atoms with E-state index in [4.69, 9.17) is 17.4 Å². The summed E-state index contributed by atoms with van der Waals surface area (Å²) in [4.78, 5) is 8.33. The summed E-state index contributed by atoms with van der Waals surface area (Å²) in [6, 6.07) is 7.75. The maximum absolute atomic E-state index is 6.18. The van der Waals surface area contributed by atoms with Gasteiger partial charge >= 0.3 is 0 Å². The standard InChI is InChI=1S/C13H16ClN5/c1-8-7-16-13(19-15)18-12(8)17-9(2)10-5-3-4-6-11(10)14/h3-7,9H,15H2,1-2H3,(H2,16,17,18,19). The van der Waals surface area contributed by atoms with E-state index in [0.717, 1.165) is 22.0 Å². The van der Waals surface area contributed by atoms with Crippen LogP contribution in [0, 0.1) is 6.92 Å². The maximum atomic E-state index is 6.18. The Balaban J connectivity index is 2.24. The van der Waals surface area contributed by atoms with E-state index in [0.29, 0.717) is 5.95 Å². The summed E-state index contributed by atoms with van der Waals surface area (Å²) in [6.45, 7) is 3.96. The molecule has 0 aliphatic heterocycles. The van der Waals surface area contributed by atoms with Crippen molar-refractivity contribution in [3.8, 4) is 0 Å². The molecule has 19 heavy (non-hydrogen) atoms. The normalized spacial score (nSPS) is 12.0. The highest BCUT2D eigenvalue weighted by molar-refractivity contribution is 6.31. The first kappa shape index (κ1) is 13.6. The van der Waals surface area contributed by atoms with Crippen molar-refractivity contribution >= 4 is 23.4 Å². The van der Waals surface area contributed by atoms with Crippen molar-refractivity contribution in [1.29, 1.82) is 0 Å². The zero-order chi connectivity index (χ0) is 13.8. The highest BCUT2D eigenvalue weighted by Crippen LogP contribution is 2.26. The number of halogens is 1. The number of nitrogen functional groups attached to an aromatic ring is 1. The van der Waals surface area contributed by atoms with Gasteiger partial charge in [0, 0.05) is 16.8 Å². The average Bonchev–Trinajstić information content (AvgIpc) is 2.41. The maximum Gasteiger partial charge on any atom is 0.239 e.